The van der Waals surface area contributed by atoms with E-state index < -0.39 is 0 Å². The molecule has 1 aliphatic heterocycles. The molecule has 2 atom stereocenters. The summed E-state index contributed by atoms with van der Waals surface area (Å²) >= 11 is 0. The van der Waals surface area contributed by atoms with E-state index in [-0.39, 0.29) is 5.54 Å². The summed E-state index contributed by atoms with van der Waals surface area (Å²) in [5.74, 6) is 5.82. The van der Waals surface area contributed by atoms with Gasteiger partial charge in [-0.05, 0) is 59.0 Å². The standard InChI is InChI=1S/C15H31N3/c1-5-15(4,18-11-7-6-8-12-18)14(17-16)10-9-13(2)3/h14,17H,2,5-12,16H2,1,3-4H3. The minimum absolute atomic E-state index is 0.171. The van der Waals surface area contributed by atoms with Crippen LogP contribution in [-0.4, -0.2) is 29.6 Å². The van der Waals surface area contributed by atoms with Gasteiger partial charge in [0.25, 0.3) is 0 Å². The fourth-order valence-electron chi connectivity index (χ4n) is 3.06. The van der Waals surface area contributed by atoms with E-state index in [0.717, 1.165) is 19.3 Å². The van der Waals surface area contributed by atoms with Crippen LogP contribution in [0.2, 0.25) is 0 Å². The maximum Gasteiger partial charge on any atom is 0.0395 e. The van der Waals surface area contributed by atoms with Crippen molar-refractivity contribution in [3.63, 3.8) is 0 Å². The highest BCUT2D eigenvalue weighted by Gasteiger charge is 2.37. The van der Waals surface area contributed by atoms with Gasteiger partial charge in [-0.1, -0.05) is 18.9 Å². The fourth-order valence-corrected chi connectivity index (χ4v) is 3.06. The van der Waals surface area contributed by atoms with Crippen molar-refractivity contribution in [3.8, 4) is 0 Å². The van der Waals surface area contributed by atoms with E-state index in [1.165, 1.54) is 37.9 Å². The van der Waals surface area contributed by atoms with Crippen LogP contribution in [0.1, 0.15) is 59.3 Å². The average Bonchev–Trinajstić information content (AvgIpc) is 2.39. The molecule has 1 heterocycles. The van der Waals surface area contributed by atoms with Crippen molar-refractivity contribution >= 4 is 0 Å². The molecule has 3 heteroatoms. The molecular formula is C15H31N3. The van der Waals surface area contributed by atoms with E-state index in [1.807, 2.05) is 0 Å². The molecule has 0 spiro atoms. The Morgan fingerprint density at radius 1 is 1.39 bits per heavy atom. The summed E-state index contributed by atoms with van der Waals surface area (Å²) < 4.78 is 0. The Balaban J connectivity index is 2.71. The van der Waals surface area contributed by atoms with Gasteiger partial charge in [0.05, 0.1) is 0 Å². The lowest BCUT2D eigenvalue weighted by Gasteiger charge is -2.48. The molecule has 0 aliphatic carbocycles. The van der Waals surface area contributed by atoms with Gasteiger partial charge in [0.1, 0.15) is 0 Å². The molecule has 0 saturated carbocycles. The number of nitrogens with two attached hydrogens (primary N) is 1. The first-order chi connectivity index (χ1) is 8.54. The number of nitrogens with one attached hydrogen (secondary N) is 1. The highest BCUT2D eigenvalue weighted by atomic mass is 15.3. The third-order valence-electron chi connectivity index (χ3n) is 4.61. The molecular weight excluding hydrogens is 222 g/mol. The number of hydrazine groups is 1. The van der Waals surface area contributed by atoms with Crippen molar-refractivity contribution in [2.45, 2.75) is 70.9 Å². The lowest BCUT2D eigenvalue weighted by molar-refractivity contribution is 0.0403. The van der Waals surface area contributed by atoms with Crippen molar-refractivity contribution in [1.29, 1.82) is 0 Å². The average molecular weight is 253 g/mol. The molecule has 1 saturated heterocycles. The van der Waals surface area contributed by atoms with Crippen LogP contribution < -0.4 is 11.3 Å². The van der Waals surface area contributed by atoms with Gasteiger partial charge in [0.2, 0.25) is 0 Å². The van der Waals surface area contributed by atoms with Crippen LogP contribution in [0.25, 0.3) is 0 Å². The van der Waals surface area contributed by atoms with Crippen LogP contribution in [0.3, 0.4) is 0 Å². The van der Waals surface area contributed by atoms with Gasteiger partial charge < -0.3 is 0 Å². The van der Waals surface area contributed by atoms with E-state index in [0.29, 0.717) is 6.04 Å². The second-order valence-corrected chi connectivity index (χ2v) is 5.97. The van der Waals surface area contributed by atoms with Gasteiger partial charge in [-0.25, -0.2) is 0 Å². The summed E-state index contributed by atoms with van der Waals surface area (Å²) in [6.45, 7) is 13.2. The Labute approximate surface area is 113 Å². The highest BCUT2D eigenvalue weighted by molar-refractivity contribution is 4.99. The van der Waals surface area contributed by atoms with E-state index >= 15 is 0 Å². The van der Waals surface area contributed by atoms with Gasteiger partial charge in [-0.2, -0.15) is 0 Å². The van der Waals surface area contributed by atoms with Crippen LogP contribution in [0.15, 0.2) is 12.2 Å². The van der Waals surface area contributed by atoms with Gasteiger partial charge in [0.15, 0.2) is 0 Å². The monoisotopic (exact) mass is 253 g/mol. The molecule has 1 fully saturated rings. The lowest BCUT2D eigenvalue weighted by Crippen LogP contribution is -2.61. The number of hydrogen-bond acceptors (Lipinski definition) is 3. The molecule has 0 aromatic rings. The Kier molecular flexibility index (Phi) is 6.33. The number of piperidine rings is 1. The Bertz CT molecular complexity index is 258. The summed E-state index contributed by atoms with van der Waals surface area (Å²) in [6.07, 6.45) is 7.30. The van der Waals surface area contributed by atoms with Crippen molar-refractivity contribution in [2.75, 3.05) is 13.1 Å². The quantitative estimate of drug-likeness (QED) is 0.416. The third-order valence-corrected chi connectivity index (χ3v) is 4.61. The Morgan fingerprint density at radius 2 is 2.00 bits per heavy atom. The summed E-state index contributed by atoms with van der Waals surface area (Å²) in [5, 5.41) is 0. The largest absolute Gasteiger partial charge is 0.296 e. The number of allylic oxidation sites excluding steroid dienone is 1. The summed E-state index contributed by atoms with van der Waals surface area (Å²) in [4.78, 5) is 2.64. The van der Waals surface area contributed by atoms with Crippen molar-refractivity contribution in [2.24, 2.45) is 5.84 Å². The van der Waals surface area contributed by atoms with E-state index in [9.17, 15) is 0 Å². The third kappa shape index (κ3) is 3.81. The molecule has 106 valence electrons. The van der Waals surface area contributed by atoms with Crippen LogP contribution >= 0.6 is 0 Å². The van der Waals surface area contributed by atoms with Gasteiger partial charge in [-0.15, -0.1) is 6.58 Å². The molecule has 2 unspecified atom stereocenters. The molecule has 0 aromatic carbocycles. The smallest absolute Gasteiger partial charge is 0.0395 e. The van der Waals surface area contributed by atoms with Crippen LogP contribution in [0.4, 0.5) is 0 Å². The second-order valence-electron chi connectivity index (χ2n) is 5.97. The topological polar surface area (TPSA) is 41.3 Å². The van der Waals surface area contributed by atoms with Gasteiger partial charge >= 0.3 is 0 Å². The second kappa shape index (κ2) is 7.27. The number of likely N-dealkylation sites (tertiary alicyclic amines) is 1. The molecule has 0 aromatic heterocycles. The zero-order valence-electron chi connectivity index (χ0n) is 12.5. The number of nitrogens with zero attached hydrogens (tertiary/aromatic N) is 1. The summed E-state index contributed by atoms with van der Waals surface area (Å²) in [7, 11) is 0. The van der Waals surface area contributed by atoms with Gasteiger partial charge in [0, 0.05) is 11.6 Å². The summed E-state index contributed by atoms with van der Waals surface area (Å²) in [5.41, 5.74) is 4.48. The predicted molar refractivity (Wildman–Crippen MR) is 79.3 cm³/mol. The SMILES string of the molecule is C=C(C)CCC(NN)C(C)(CC)N1CCCCC1. The molecule has 1 aliphatic rings. The zero-order chi connectivity index (χ0) is 13.6. The molecule has 0 amide bonds. The predicted octanol–water partition coefficient (Wildman–Crippen LogP) is 2.83. The highest BCUT2D eigenvalue weighted by Crippen LogP contribution is 2.29. The molecule has 0 bridgehead atoms. The molecule has 18 heavy (non-hydrogen) atoms. The zero-order valence-corrected chi connectivity index (χ0v) is 12.5. The molecule has 0 radical (unpaired) electrons. The molecule has 3 N–H and O–H groups in total. The maximum atomic E-state index is 5.82. The van der Waals surface area contributed by atoms with Crippen LogP contribution in [0.5, 0.6) is 0 Å². The van der Waals surface area contributed by atoms with E-state index in [1.54, 1.807) is 0 Å². The molecule has 3 nitrogen and oxygen atoms in total. The first-order valence-corrected chi connectivity index (χ1v) is 7.40. The molecule has 1 rings (SSSR count). The van der Waals surface area contributed by atoms with E-state index in [2.05, 4.69) is 37.7 Å². The Morgan fingerprint density at radius 3 is 2.44 bits per heavy atom. The first-order valence-electron chi connectivity index (χ1n) is 7.40. The lowest BCUT2D eigenvalue weighted by atomic mass is 9.83. The van der Waals surface area contributed by atoms with Crippen molar-refractivity contribution < 1.29 is 0 Å². The minimum Gasteiger partial charge on any atom is -0.296 e. The van der Waals surface area contributed by atoms with Gasteiger partial charge in [-0.3, -0.25) is 16.2 Å². The maximum absolute atomic E-state index is 5.82. The minimum atomic E-state index is 0.171. The summed E-state index contributed by atoms with van der Waals surface area (Å²) in [6, 6.07) is 0.345. The first kappa shape index (κ1) is 15.7. The van der Waals surface area contributed by atoms with Crippen LogP contribution in [0, 0.1) is 0 Å². The number of rotatable bonds is 7. The fraction of sp³-hybridized carbons (Fsp3) is 0.867. The van der Waals surface area contributed by atoms with Crippen molar-refractivity contribution in [3.05, 3.63) is 12.2 Å². The van der Waals surface area contributed by atoms with Crippen molar-refractivity contribution in [1.82, 2.24) is 10.3 Å². The van der Waals surface area contributed by atoms with E-state index in [4.69, 9.17) is 5.84 Å². The Hall–Kier alpha value is -0.380. The number of hydrogen-bond donors (Lipinski definition) is 2. The van der Waals surface area contributed by atoms with Crippen LogP contribution in [-0.2, 0) is 0 Å². The normalized spacial score (nSPS) is 22.4.